The Bertz CT molecular complexity index is 939. The standard InChI is InChI=1S/C17H17ClN4O2S2/c1-10-5-4-6-12(7-10)16-19-20-17(26-16)15-14(18)11(2)21-22(15)8-13(23)24-9-25-3/h4-7H,8-9H2,1-3H3. The number of hydrogen-bond acceptors (Lipinski definition) is 7. The van der Waals surface area contributed by atoms with Crippen LogP contribution < -0.4 is 0 Å². The number of hydrogen-bond donors (Lipinski definition) is 0. The maximum Gasteiger partial charge on any atom is 0.328 e. The van der Waals surface area contributed by atoms with Gasteiger partial charge >= 0.3 is 5.97 Å². The zero-order valence-corrected chi connectivity index (χ0v) is 16.9. The number of nitrogens with zero attached hydrogens (tertiary/aromatic N) is 4. The molecule has 0 N–H and O–H groups in total. The molecule has 3 aromatic rings. The average molecular weight is 409 g/mol. The summed E-state index contributed by atoms with van der Waals surface area (Å²) < 4.78 is 6.64. The number of halogens is 1. The molecule has 6 nitrogen and oxygen atoms in total. The average Bonchev–Trinajstić information content (AvgIpc) is 3.18. The van der Waals surface area contributed by atoms with E-state index in [0.717, 1.165) is 16.1 Å². The van der Waals surface area contributed by atoms with Crippen molar-refractivity contribution in [2.24, 2.45) is 0 Å². The van der Waals surface area contributed by atoms with Gasteiger partial charge in [0.2, 0.25) is 0 Å². The van der Waals surface area contributed by atoms with Crippen LogP contribution in [-0.4, -0.2) is 38.1 Å². The Morgan fingerprint density at radius 3 is 2.81 bits per heavy atom. The van der Waals surface area contributed by atoms with Crippen LogP contribution in [0.4, 0.5) is 0 Å². The van der Waals surface area contributed by atoms with Gasteiger partial charge in [-0.2, -0.15) is 5.10 Å². The molecule has 0 bridgehead atoms. The lowest BCUT2D eigenvalue weighted by molar-refractivity contribution is -0.142. The number of aryl methyl sites for hydroxylation is 2. The maximum absolute atomic E-state index is 12.0. The van der Waals surface area contributed by atoms with E-state index in [1.807, 2.05) is 37.4 Å². The molecule has 2 heterocycles. The first-order chi connectivity index (χ1) is 12.5. The van der Waals surface area contributed by atoms with Gasteiger partial charge in [-0.05, 0) is 26.2 Å². The summed E-state index contributed by atoms with van der Waals surface area (Å²) >= 11 is 9.26. The highest BCUT2D eigenvalue weighted by Crippen LogP contribution is 2.35. The van der Waals surface area contributed by atoms with E-state index in [-0.39, 0.29) is 12.5 Å². The van der Waals surface area contributed by atoms with Crippen molar-refractivity contribution in [1.29, 1.82) is 0 Å². The normalized spacial score (nSPS) is 10.9. The zero-order valence-electron chi connectivity index (χ0n) is 14.5. The van der Waals surface area contributed by atoms with Crippen molar-refractivity contribution in [3.63, 3.8) is 0 Å². The second-order valence-corrected chi connectivity index (χ2v) is 7.78. The minimum atomic E-state index is -0.372. The van der Waals surface area contributed by atoms with Gasteiger partial charge in [-0.15, -0.1) is 22.0 Å². The molecule has 2 aromatic heterocycles. The minimum absolute atomic E-state index is 0.0250. The van der Waals surface area contributed by atoms with Crippen LogP contribution in [-0.2, 0) is 16.1 Å². The molecule has 0 radical (unpaired) electrons. The topological polar surface area (TPSA) is 69.9 Å². The smallest absolute Gasteiger partial charge is 0.328 e. The van der Waals surface area contributed by atoms with Gasteiger partial charge in [-0.25, -0.2) is 4.68 Å². The van der Waals surface area contributed by atoms with E-state index in [0.29, 0.717) is 27.4 Å². The lowest BCUT2D eigenvalue weighted by Gasteiger charge is -2.05. The fraction of sp³-hybridized carbons (Fsp3) is 0.294. The third-order valence-electron chi connectivity index (χ3n) is 3.56. The van der Waals surface area contributed by atoms with Gasteiger partial charge < -0.3 is 4.74 Å². The van der Waals surface area contributed by atoms with Crippen LogP contribution in [0.5, 0.6) is 0 Å². The number of esters is 1. The molecule has 0 aliphatic rings. The molecule has 0 saturated carbocycles. The number of ether oxygens (including phenoxy) is 1. The predicted molar refractivity (Wildman–Crippen MR) is 106 cm³/mol. The van der Waals surface area contributed by atoms with Gasteiger partial charge in [-0.1, -0.05) is 46.7 Å². The summed E-state index contributed by atoms with van der Waals surface area (Å²) in [5.41, 5.74) is 3.36. The quantitative estimate of drug-likeness (QED) is 0.449. The highest BCUT2D eigenvalue weighted by molar-refractivity contribution is 7.98. The molecule has 9 heteroatoms. The molecule has 0 aliphatic carbocycles. The van der Waals surface area contributed by atoms with Crippen LogP contribution >= 0.6 is 34.7 Å². The number of rotatable bonds is 6. The Kier molecular flexibility index (Phi) is 5.95. The van der Waals surface area contributed by atoms with E-state index in [4.69, 9.17) is 16.3 Å². The molecular formula is C17H17ClN4O2S2. The second-order valence-electron chi connectivity index (χ2n) is 5.61. The minimum Gasteiger partial charge on any atom is -0.453 e. The van der Waals surface area contributed by atoms with Crippen LogP contribution in [0.2, 0.25) is 5.02 Å². The van der Waals surface area contributed by atoms with Crippen LogP contribution in [0.25, 0.3) is 21.3 Å². The third kappa shape index (κ3) is 4.08. The van der Waals surface area contributed by atoms with Crippen molar-refractivity contribution in [3.8, 4) is 21.3 Å². The van der Waals surface area contributed by atoms with Crippen molar-refractivity contribution in [2.45, 2.75) is 20.4 Å². The van der Waals surface area contributed by atoms with Crippen molar-refractivity contribution < 1.29 is 9.53 Å². The van der Waals surface area contributed by atoms with Gasteiger partial charge in [0.15, 0.2) is 5.01 Å². The van der Waals surface area contributed by atoms with Gasteiger partial charge in [0.1, 0.15) is 23.2 Å². The summed E-state index contributed by atoms with van der Waals surface area (Å²) in [6.45, 7) is 3.79. The van der Waals surface area contributed by atoms with E-state index in [1.54, 1.807) is 6.92 Å². The molecule has 0 atom stereocenters. The monoisotopic (exact) mass is 408 g/mol. The molecule has 136 valence electrons. The second kappa shape index (κ2) is 8.20. The number of aromatic nitrogens is 4. The first-order valence-electron chi connectivity index (χ1n) is 7.78. The Morgan fingerprint density at radius 1 is 1.31 bits per heavy atom. The van der Waals surface area contributed by atoms with E-state index in [9.17, 15) is 4.79 Å². The molecule has 0 aliphatic heterocycles. The van der Waals surface area contributed by atoms with Gasteiger partial charge in [0.25, 0.3) is 0 Å². The summed E-state index contributed by atoms with van der Waals surface area (Å²) in [6.07, 6.45) is 1.86. The van der Waals surface area contributed by atoms with Crippen LogP contribution in [0.1, 0.15) is 11.3 Å². The molecule has 3 rings (SSSR count). The zero-order chi connectivity index (χ0) is 18.7. The molecule has 0 fully saturated rings. The molecule has 0 saturated heterocycles. The maximum atomic E-state index is 12.0. The summed E-state index contributed by atoms with van der Waals surface area (Å²) in [5.74, 6) is -0.0680. The largest absolute Gasteiger partial charge is 0.453 e. The summed E-state index contributed by atoms with van der Waals surface area (Å²) in [6, 6.07) is 8.05. The fourth-order valence-electron chi connectivity index (χ4n) is 2.38. The number of carbonyl (C=O) groups excluding carboxylic acids is 1. The van der Waals surface area contributed by atoms with Crippen molar-refractivity contribution in [1.82, 2.24) is 20.0 Å². The van der Waals surface area contributed by atoms with E-state index in [2.05, 4.69) is 15.3 Å². The molecule has 0 unspecified atom stereocenters. The molecule has 1 aromatic carbocycles. The molecule has 0 amide bonds. The number of thioether (sulfide) groups is 1. The Balaban J connectivity index is 1.93. The van der Waals surface area contributed by atoms with Gasteiger partial charge in [0, 0.05) is 5.56 Å². The molecule has 0 spiro atoms. The SMILES string of the molecule is CSCOC(=O)Cn1nc(C)c(Cl)c1-c1nnc(-c2cccc(C)c2)s1. The fourth-order valence-corrected chi connectivity index (χ4v) is 3.81. The van der Waals surface area contributed by atoms with Crippen LogP contribution in [0.15, 0.2) is 24.3 Å². The van der Waals surface area contributed by atoms with Crippen molar-refractivity contribution in [2.75, 3.05) is 12.2 Å². The van der Waals surface area contributed by atoms with Crippen molar-refractivity contribution in [3.05, 3.63) is 40.5 Å². The summed E-state index contributed by atoms with van der Waals surface area (Å²) in [5, 5.41) is 14.8. The predicted octanol–water partition coefficient (Wildman–Crippen LogP) is 4.20. The number of carbonyl (C=O) groups is 1. The van der Waals surface area contributed by atoms with E-state index >= 15 is 0 Å². The third-order valence-corrected chi connectivity index (χ3v) is 5.35. The molecular weight excluding hydrogens is 392 g/mol. The first-order valence-corrected chi connectivity index (χ1v) is 10.4. The van der Waals surface area contributed by atoms with Crippen molar-refractivity contribution >= 4 is 40.7 Å². The van der Waals surface area contributed by atoms with Gasteiger partial charge in [-0.3, -0.25) is 4.79 Å². The lowest BCUT2D eigenvalue weighted by Crippen LogP contribution is -2.15. The van der Waals surface area contributed by atoms with Crippen LogP contribution in [0, 0.1) is 13.8 Å². The highest BCUT2D eigenvalue weighted by Gasteiger charge is 2.21. The van der Waals surface area contributed by atoms with E-state index in [1.165, 1.54) is 27.8 Å². The van der Waals surface area contributed by atoms with Crippen LogP contribution in [0.3, 0.4) is 0 Å². The Labute approximate surface area is 164 Å². The summed E-state index contributed by atoms with van der Waals surface area (Å²) in [7, 11) is 0. The number of benzene rings is 1. The van der Waals surface area contributed by atoms with Gasteiger partial charge in [0.05, 0.1) is 10.7 Å². The first kappa shape index (κ1) is 18.9. The molecule has 26 heavy (non-hydrogen) atoms. The highest BCUT2D eigenvalue weighted by atomic mass is 35.5. The lowest BCUT2D eigenvalue weighted by atomic mass is 10.1. The Morgan fingerprint density at radius 2 is 2.08 bits per heavy atom. The van der Waals surface area contributed by atoms with E-state index < -0.39 is 0 Å². The Hall–Kier alpha value is -1.90. The summed E-state index contributed by atoms with van der Waals surface area (Å²) in [4.78, 5) is 12.0.